The van der Waals surface area contributed by atoms with Crippen molar-refractivity contribution in [2.45, 2.75) is 63.3 Å². The highest BCUT2D eigenvalue weighted by atomic mass is 32.2. The van der Waals surface area contributed by atoms with Crippen LogP contribution in [0.3, 0.4) is 0 Å². The zero-order chi connectivity index (χ0) is 13.1. The number of thioether (sulfide) groups is 1. The Kier molecular flexibility index (Phi) is 8.57. The molecule has 0 spiro atoms. The van der Waals surface area contributed by atoms with E-state index in [1.54, 1.807) is 6.20 Å². The van der Waals surface area contributed by atoms with Crippen LogP contribution in [0.25, 0.3) is 0 Å². The zero-order valence-corrected chi connectivity index (χ0v) is 12.0. The van der Waals surface area contributed by atoms with Crippen molar-refractivity contribution >= 4 is 16.9 Å². The highest BCUT2D eigenvalue weighted by Gasteiger charge is 2.04. The van der Waals surface area contributed by atoms with Gasteiger partial charge in [0.1, 0.15) is 5.03 Å². The maximum atomic E-state index is 11.7. The second-order valence-corrected chi connectivity index (χ2v) is 5.59. The molecule has 0 fully saturated rings. The van der Waals surface area contributed by atoms with Gasteiger partial charge in [0.25, 0.3) is 0 Å². The first-order valence-corrected chi connectivity index (χ1v) is 7.76. The fourth-order valence-electron chi connectivity index (χ4n) is 1.80. The second-order valence-electron chi connectivity index (χ2n) is 4.51. The van der Waals surface area contributed by atoms with Crippen molar-refractivity contribution in [3.8, 4) is 0 Å². The molecule has 2 nitrogen and oxygen atoms in total. The third-order valence-electron chi connectivity index (χ3n) is 2.84. The summed E-state index contributed by atoms with van der Waals surface area (Å²) in [6.45, 7) is 2.23. The molecule has 0 aromatic carbocycles. The van der Waals surface area contributed by atoms with Crippen LogP contribution >= 0.6 is 11.8 Å². The van der Waals surface area contributed by atoms with Gasteiger partial charge >= 0.3 is 0 Å². The Morgan fingerprint density at radius 3 is 2.50 bits per heavy atom. The summed E-state index contributed by atoms with van der Waals surface area (Å²) in [4.78, 5) is 15.8. The number of rotatable bonds is 9. The summed E-state index contributed by atoms with van der Waals surface area (Å²) in [5, 5.41) is 1.05. The average Bonchev–Trinajstić information content (AvgIpc) is 2.39. The number of unbranched alkanes of at least 4 members (excludes halogenated alkanes) is 6. The van der Waals surface area contributed by atoms with E-state index in [2.05, 4.69) is 11.9 Å². The summed E-state index contributed by atoms with van der Waals surface area (Å²) in [5.41, 5.74) is 0. The van der Waals surface area contributed by atoms with E-state index in [1.807, 2.05) is 18.2 Å². The number of nitrogens with zero attached hydrogens (tertiary/aromatic N) is 1. The fourth-order valence-corrected chi connectivity index (χ4v) is 2.54. The SMILES string of the molecule is CCCCCCCCCC(=O)Sc1ccccn1. The number of carbonyl (C=O) groups is 1. The Labute approximate surface area is 115 Å². The summed E-state index contributed by atoms with van der Waals surface area (Å²) in [6.07, 6.45) is 11.2. The van der Waals surface area contributed by atoms with Gasteiger partial charge in [-0.1, -0.05) is 51.5 Å². The first-order valence-electron chi connectivity index (χ1n) is 6.94. The molecule has 1 rings (SSSR count). The first-order chi connectivity index (χ1) is 8.83. The Bertz CT molecular complexity index is 327. The number of aromatic nitrogens is 1. The van der Waals surface area contributed by atoms with Gasteiger partial charge in [-0.3, -0.25) is 4.79 Å². The number of pyridine rings is 1. The maximum absolute atomic E-state index is 11.7. The van der Waals surface area contributed by atoms with E-state index >= 15 is 0 Å². The Hall–Kier alpha value is -0.830. The van der Waals surface area contributed by atoms with E-state index in [4.69, 9.17) is 0 Å². The van der Waals surface area contributed by atoms with Gasteiger partial charge in [0.2, 0.25) is 0 Å². The maximum Gasteiger partial charge on any atom is 0.195 e. The summed E-state index contributed by atoms with van der Waals surface area (Å²) in [6, 6.07) is 5.66. The van der Waals surface area contributed by atoms with E-state index in [1.165, 1.54) is 50.3 Å². The molecule has 0 amide bonds. The average molecular weight is 265 g/mol. The van der Waals surface area contributed by atoms with Crippen LogP contribution in [-0.4, -0.2) is 10.1 Å². The summed E-state index contributed by atoms with van der Waals surface area (Å²) in [7, 11) is 0. The third-order valence-corrected chi connectivity index (χ3v) is 3.72. The largest absolute Gasteiger partial charge is 0.287 e. The molecule has 0 atom stereocenters. The second kappa shape index (κ2) is 10.1. The predicted octanol–water partition coefficient (Wildman–Crippen LogP) is 4.84. The van der Waals surface area contributed by atoms with Gasteiger partial charge in [0.05, 0.1) is 0 Å². The minimum absolute atomic E-state index is 0.238. The Balaban J connectivity index is 2.00. The number of carbonyl (C=O) groups excluding carboxylic acids is 1. The van der Waals surface area contributed by atoms with Gasteiger partial charge in [-0.25, -0.2) is 4.98 Å². The van der Waals surface area contributed by atoms with Crippen molar-refractivity contribution in [3.63, 3.8) is 0 Å². The quantitative estimate of drug-likeness (QED) is 0.472. The van der Waals surface area contributed by atoms with Crippen LogP contribution in [0.1, 0.15) is 58.3 Å². The van der Waals surface area contributed by atoms with Crippen LogP contribution < -0.4 is 0 Å². The van der Waals surface area contributed by atoms with Crippen LogP contribution in [0.4, 0.5) is 0 Å². The van der Waals surface area contributed by atoms with E-state index in [9.17, 15) is 4.79 Å². The summed E-state index contributed by atoms with van der Waals surface area (Å²) >= 11 is 1.27. The molecule has 1 aromatic heterocycles. The monoisotopic (exact) mass is 265 g/mol. The standard InChI is InChI=1S/C15H23NOS/c1-2-3-4-5-6-7-8-12-15(17)18-14-11-9-10-13-16-14/h9-11,13H,2-8,12H2,1H3. The van der Waals surface area contributed by atoms with Crippen molar-refractivity contribution < 1.29 is 4.79 Å². The van der Waals surface area contributed by atoms with Crippen LogP contribution in [0, 0.1) is 0 Å². The molecule has 3 heteroatoms. The van der Waals surface area contributed by atoms with Crippen molar-refractivity contribution in [1.82, 2.24) is 4.98 Å². The molecule has 0 N–H and O–H groups in total. The highest BCUT2D eigenvalue weighted by Crippen LogP contribution is 2.19. The molecule has 100 valence electrons. The third kappa shape index (κ3) is 7.49. The summed E-state index contributed by atoms with van der Waals surface area (Å²) < 4.78 is 0. The van der Waals surface area contributed by atoms with Gasteiger partial charge in [0, 0.05) is 12.6 Å². The molecule has 18 heavy (non-hydrogen) atoms. The fraction of sp³-hybridized carbons (Fsp3) is 0.600. The van der Waals surface area contributed by atoms with Crippen LogP contribution in [0.2, 0.25) is 0 Å². The van der Waals surface area contributed by atoms with Gasteiger partial charge in [0.15, 0.2) is 5.12 Å². The lowest BCUT2D eigenvalue weighted by atomic mass is 10.1. The smallest absolute Gasteiger partial charge is 0.195 e. The number of hydrogen-bond donors (Lipinski definition) is 0. The molecule has 0 bridgehead atoms. The van der Waals surface area contributed by atoms with Crippen LogP contribution in [0.15, 0.2) is 29.4 Å². The molecule has 0 aliphatic heterocycles. The molecule has 0 aliphatic rings. The lowest BCUT2D eigenvalue weighted by Gasteiger charge is -2.01. The van der Waals surface area contributed by atoms with E-state index in [0.717, 1.165) is 11.4 Å². The minimum Gasteiger partial charge on any atom is -0.287 e. The van der Waals surface area contributed by atoms with Crippen LogP contribution in [-0.2, 0) is 4.79 Å². The normalized spacial score (nSPS) is 10.5. The van der Waals surface area contributed by atoms with E-state index < -0.39 is 0 Å². The molecule has 0 radical (unpaired) electrons. The van der Waals surface area contributed by atoms with E-state index in [0.29, 0.717) is 6.42 Å². The minimum atomic E-state index is 0.238. The first kappa shape index (κ1) is 15.2. The topological polar surface area (TPSA) is 30.0 Å². The summed E-state index contributed by atoms with van der Waals surface area (Å²) in [5.74, 6) is 0. The molecular weight excluding hydrogens is 242 g/mol. The van der Waals surface area contributed by atoms with Crippen molar-refractivity contribution in [2.75, 3.05) is 0 Å². The predicted molar refractivity (Wildman–Crippen MR) is 77.7 cm³/mol. The Morgan fingerprint density at radius 1 is 1.11 bits per heavy atom. The molecular formula is C15H23NOS. The molecule has 0 saturated heterocycles. The van der Waals surface area contributed by atoms with Crippen LogP contribution in [0.5, 0.6) is 0 Å². The van der Waals surface area contributed by atoms with Gasteiger partial charge in [-0.2, -0.15) is 0 Å². The van der Waals surface area contributed by atoms with Crippen molar-refractivity contribution in [1.29, 1.82) is 0 Å². The lowest BCUT2D eigenvalue weighted by molar-refractivity contribution is -0.111. The van der Waals surface area contributed by atoms with Crippen molar-refractivity contribution in [3.05, 3.63) is 24.4 Å². The molecule has 0 saturated carbocycles. The molecule has 0 unspecified atom stereocenters. The zero-order valence-electron chi connectivity index (χ0n) is 11.2. The lowest BCUT2D eigenvalue weighted by Crippen LogP contribution is -1.92. The molecule has 1 heterocycles. The molecule has 1 aromatic rings. The van der Waals surface area contributed by atoms with Gasteiger partial charge in [-0.05, 0) is 30.3 Å². The van der Waals surface area contributed by atoms with Gasteiger partial charge in [-0.15, -0.1) is 0 Å². The van der Waals surface area contributed by atoms with E-state index in [-0.39, 0.29) is 5.12 Å². The van der Waals surface area contributed by atoms with Crippen molar-refractivity contribution in [2.24, 2.45) is 0 Å². The highest BCUT2D eigenvalue weighted by molar-refractivity contribution is 8.13. The van der Waals surface area contributed by atoms with Gasteiger partial charge < -0.3 is 0 Å². The Morgan fingerprint density at radius 2 is 1.83 bits per heavy atom. The number of hydrogen-bond acceptors (Lipinski definition) is 3. The molecule has 0 aliphatic carbocycles.